The van der Waals surface area contributed by atoms with Crippen LogP contribution in [0.25, 0.3) is 0 Å². The highest BCUT2D eigenvalue weighted by Gasteiger charge is 2.47. The normalized spacial score (nSPS) is 17.9. The Labute approximate surface area is 190 Å². The second-order valence-electron chi connectivity index (χ2n) is 7.01. The van der Waals surface area contributed by atoms with Crippen molar-refractivity contribution in [3.8, 4) is 5.75 Å². The molecule has 1 aliphatic heterocycles. The van der Waals surface area contributed by atoms with Crippen LogP contribution in [0.5, 0.6) is 5.75 Å². The highest BCUT2D eigenvalue weighted by molar-refractivity contribution is 6.37. The molecule has 2 aromatic heterocycles. The average Bonchev–Trinajstić information content (AvgIpc) is 3.10. The van der Waals surface area contributed by atoms with Crippen LogP contribution < -0.4 is 15.4 Å². The van der Waals surface area contributed by atoms with Crippen molar-refractivity contribution >= 4 is 40.6 Å². The fraction of sp³-hybridized carbons (Fsp3) is 0.250. The molecule has 1 aliphatic rings. The van der Waals surface area contributed by atoms with E-state index in [0.717, 1.165) is 0 Å². The third kappa shape index (κ3) is 4.20. The van der Waals surface area contributed by atoms with Gasteiger partial charge in [0.25, 0.3) is 5.91 Å². The van der Waals surface area contributed by atoms with Gasteiger partial charge in [-0.3, -0.25) is 4.79 Å². The largest absolute Gasteiger partial charge is 0.497 e. The number of rotatable bonds is 4. The molecular weight excluding hydrogens is 470 g/mol. The van der Waals surface area contributed by atoms with Crippen molar-refractivity contribution in [1.29, 1.82) is 0 Å². The quantitative estimate of drug-likeness (QED) is 0.476. The molecular formula is C20H16Cl2F3N5O2. The molecule has 2 N–H and O–H groups in total. The van der Waals surface area contributed by atoms with E-state index in [4.69, 9.17) is 27.9 Å². The van der Waals surface area contributed by atoms with E-state index in [2.05, 4.69) is 20.7 Å². The smallest absolute Gasteiger partial charge is 0.410 e. The maximum atomic E-state index is 13.9. The van der Waals surface area contributed by atoms with Gasteiger partial charge in [0.15, 0.2) is 16.9 Å². The number of carbonyl (C=O) groups excluding carboxylic acids is 1. The molecule has 0 radical (unpaired) electrons. The number of aromatic nitrogens is 3. The number of fused-ring (bicyclic) bond motifs is 1. The number of amides is 1. The lowest BCUT2D eigenvalue weighted by Crippen LogP contribution is -2.35. The highest BCUT2D eigenvalue weighted by atomic mass is 35.5. The Hall–Kier alpha value is -2.98. The summed E-state index contributed by atoms with van der Waals surface area (Å²) >= 11 is 12.3. The van der Waals surface area contributed by atoms with E-state index in [-0.39, 0.29) is 33.8 Å². The maximum Gasteiger partial charge on any atom is 0.410 e. The summed E-state index contributed by atoms with van der Waals surface area (Å²) in [6.45, 7) is 0. The van der Waals surface area contributed by atoms with E-state index in [0.29, 0.717) is 16.0 Å². The molecule has 3 aromatic rings. The fourth-order valence-corrected chi connectivity index (χ4v) is 3.88. The molecule has 168 valence electrons. The van der Waals surface area contributed by atoms with E-state index >= 15 is 0 Å². The molecule has 0 bridgehead atoms. The zero-order valence-corrected chi connectivity index (χ0v) is 18.0. The molecule has 2 unspecified atom stereocenters. The zero-order chi connectivity index (χ0) is 23.0. The van der Waals surface area contributed by atoms with Crippen LogP contribution in [-0.2, 0) is 0 Å². The summed E-state index contributed by atoms with van der Waals surface area (Å²) in [6, 6.07) is 7.00. The van der Waals surface area contributed by atoms with Crippen LogP contribution in [0.4, 0.5) is 24.7 Å². The molecule has 1 aromatic carbocycles. The lowest BCUT2D eigenvalue weighted by atomic mass is 9.97. The van der Waals surface area contributed by atoms with Crippen LogP contribution in [0.3, 0.4) is 0 Å². The van der Waals surface area contributed by atoms with E-state index in [1.165, 1.54) is 19.4 Å². The summed E-state index contributed by atoms with van der Waals surface area (Å²) in [6.07, 6.45) is -3.52. The number of hydrogen-bond acceptors (Lipinski definition) is 5. The van der Waals surface area contributed by atoms with E-state index < -0.39 is 24.2 Å². The Morgan fingerprint density at radius 3 is 2.59 bits per heavy atom. The Morgan fingerprint density at radius 2 is 1.97 bits per heavy atom. The molecule has 7 nitrogen and oxygen atoms in total. The van der Waals surface area contributed by atoms with E-state index in [9.17, 15) is 18.0 Å². The summed E-state index contributed by atoms with van der Waals surface area (Å²) in [5, 5.41) is 9.13. The number of methoxy groups -OCH3 is 1. The summed E-state index contributed by atoms with van der Waals surface area (Å²) < 4.78 is 47.5. The average molecular weight is 486 g/mol. The first kappa shape index (κ1) is 22.2. The zero-order valence-electron chi connectivity index (χ0n) is 16.5. The van der Waals surface area contributed by atoms with Gasteiger partial charge in [0.2, 0.25) is 0 Å². The van der Waals surface area contributed by atoms with E-state index in [1.807, 2.05) is 0 Å². The van der Waals surface area contributed by atoms with Crippen LogP contribution >= 0.6 is 23.2 Å². The van der Waals surface area contributed by atoms with Crippen molar-refractivity contribution < 1.29 is 22.7 Å². The second kappa shape index (κ2) is 8.51. The number of nitrogens with zero attached hydrogens (tertiary/aromatic N) is 3. The third-order valence-electron chi connectivity index (χ3n) is 5.04. The van der Waals surface area contributed by atoms with Gasteiger partial charge in [-0.15, -0.1) is 0 Å². The molecule has 0 aliphatic carbocycles. The van der Waals surface area contributed by atoms with Crippen LogP contribution in [0.2, 0.25) is 10.2 Å². The number of pyridine rings is 1. The Morgan fingerprint density at radius 1 is 1.25 bits per heavy atom. The second-order valence-corrected chi connectivity index (χ2v) is 7.75. The third-order valence-corrected chi connectivity index (χ3v) is 5.70. The molecule has 4 rings (SSSR count). The minimum atomic E-state index is -4.61. The number of ether oxygens (including phenoxy) is 1. The molecule has 0 saturated carbocycles. The Balaban J connectivity index is 1.69. The molecule has 0 spiro atoms. The lowest BCUT2D eigenvalue weighted by molar-refractivity contribution is -0.173. The summed E-state index contributed by atoms with van der Waals surface area (Å²) in [7, 11) is 1.50. The lowest BCUT2D eigenvalue weighted by Gasteiger charge is -2.33. The number of benzene rings is 1. The van der Waals surface area contributed by atoms with Crippen LogP contribution in [0.15, 0.2) is 42.6 Å². The number of hydrogen-bond donors (Lipinski definition) is 2. The van der Waals surface area contributed by atoms with Crippen molar-refractivity contribution in [1.82, 2.24) is 14.8 Å². The molecule has 0 fully saturated rings. The number of alkyl halides is 3. The summed E-state index contributed by atoms with van der Waals surface area (Å²) in [4.78, 5) is 16.5. The predicted molar refractivity (Wildman–Crippen MR) is 114 cm³/mol. The van der Waals surface area contributed by atoms with Gasteiger partial charge in [-0.2, -0.15) is 18.3 Å². The number of carbonyl (C=O) groups is 1. The molecule has 3 heterocycles. The number of anilines is 2. The molecule has 12 heteroatoms. The standard InChI is InChI=1S/C20H16Cl2F3N5O2/c1-32-11-6-4-10(5-7-11)13-9-14(20(23,24)25)30-18(27-13)15(21)16(29-30)19(31)28-12-3-2-8-26-17(12)22/h2-8,13-14,27H,9H2,1H3,(H,28,31). The van der Waals surface area contributed by atoms with Gasteiger partial charge < -0.3 is 15.4 Å². The van der Waals surface area contributed by atoms with Crippen molar-refractivity contribution in [2.45, 2.75) is 24.7 Å². The van der Waals surface area contributed by atoms with Gasteiger partial charge in [0.05, 0.1) is 18.8 Å². The van der Waals surface area contributed by atoms with Crippen molar-refractivity contribution in [2.75, 3.05) is 17.7 Å². The van der Waals surface area contributed by atoms with Gasteiger partial charge in [-0.25, -0.2) is 9.67 Å². The Kier molecular flexibility index (Phi) is 5.91. The fourth-order valence-electron chi connectivity index (χ4n) is 3.45. The minimum absolute atomic E-state index is 0.0202. The maximum absolute atomic E-state index is 13.9. The SMILES string of the molecule is COc1ccc(C2CC(C(F)(F)F)n3nc(C(=O)Nc4cccnc4Cl)c(Cl)c3N2)cc1. The van der Waals surface area contributed by atoms with Gasteiger partial charge in [-0.05, 0) is 29.8 Å². The first-order chi connectivity index (χ1) is 15.2. The van der Waals surface area contributed by atoms with Crippen LogP contribution in [0.1, 0.15) is 34.6 Å². The molecule has 32 heavy (non-hydrogen) atoms. The van der Waals surface area contributed by atoms with E-state index in [1.54, 1.807) is 30.3 Å². The predicted octanol–water partition coefficient (Wildman–Crippen LogP) is 5.51. The number of halogens is 5. The number of nitrogens with one attached hydrogen (secondary N) is 2. The van der Waals surface area contributed by atoms with Crippen molar-refractivity contribution in [2.24, 2.45) is 0 Å². The minimum Gasteiger partial charge on any atom is -0.497 e. The van der Waals surface area contributed by atoms with Crippen molar-refractivity contribution in [3.63, 3.8) is 0 Å². The van der Waals surface area contributed by atoms with Gasteiger partial charge in [0.1, 0.15) is 16.6 Å². The van der Waals surface area contributed by atoms with Crippen LogP contribution in [-0.4, -0.2) is 34.0 Å². The topological polar surface area (TPSA) is 81.1 Å². The highest BCUT2D eigenvalue weighted by Crippen LogP contribution is 2.46. The van der Waals surface area contributed by atoms with Gasteiger partial charge in [0, 0.05) is 12.6 Å². The molecule has 1 amide bonds. The van der Waals surface area contributed by atoms with Crippen molar-refractivity contribution in [3.05, 3.63) is 64.0 Å². The summed E-state index contributed by atoms with van der Waals surface area (Å²) in [5.41, 5.74) is 0.424. The Bertz CT molecular complexity index is 1150. The monoisotopic (exact) mass is 485 g/mol. The molecule has 0 saturated heterocycles. The molecule has 2 atom stereocenters. The van der Waals surface area contributed by atoms with Gasteiger partial charge >= 0.3 is 6.18 Å². The first-order valence-electron chi connectivity index (χ1n) is 9.36. The first-order valence-corrected chi connectivity index (χ1v) is 10.1. The van der Waals surface area contributed by atoms with Crippen LogP contribution in [0, 0.1) is 0 Å². The van der Waals surface area contributed by atoms with Gasteiger partial charge in [-0.1, -0.05) is 35.3 Å². The summed E-state index contributed by atoms with van der Waals surface area (Å²) in [5.74, 6) is -0.327.